The molecular weight excluding hydrogens is 278 g/mol. The second-order valence-corrected chi connectivity index (χ2v) is 4.97. The van der Waals surface area contributed by atoms with E-state index in [4.69, 9.17) is 0 Å². The number of halogens is 1. The smallest absolute Gasteiger partial charge is 0.324 e. The molecule has 8 heteroatoms. The molecule has 1 aliphatic heterocycles. The van der Waals surface area contributed by atoms with Gasteiger partial charge in [-0.2, -0.15) is 0 Å². The van der Waals surface area contributed by atoms with Crippen LogP contribution in [-0.2, 0) is 0 Å². The first-order valence-corrected chi connectivity index (χ1v) is 6.24. The number of thiophene rings is 1. The fourth-order valence-electron chi connectivity index (χ4n) is 1.78. The highest BCUT2D eigenvalue weighted by Crippen LogP contribution is 2.23. The van der Waals surface area contributed by atoms with Crippen LogP contribution < -0.4 is 10.6 Å². The topological polar surface area (TPSA) is 84.3 Å². The summed E-state index contributed by atoms with van der Waals surface area (Å²) < 4.78 is 0. The van der Waals surface area contributed by atoms with Crippen LogP contribution in [0.1, 0.15) is 22.5 Å². The van der Waals surface area contributed by atoms with Crippen LogP contribution in [0, 0.1) is 10.1 Å². The Kier molecular flexibility index (Phi) is 5.52. The number of hydrogen-bond acceptors (Lipinski definition) is 5. The predicted octanol–water partition coefficient (Wildman–Crippen LogP) is 1.56. The van der Waals surface area contributed by atoms with Crippen LogP contribution in [0.3, 0.4) is 0 Å². The Morgan fingerprint density at radius 1 is 1.56 bits per heavy atom. The van der Waals surface area contributed by atoms with Gasteiger partial charge in [-0.3, -0.25) is 14.9 Å². The molecule has 1 saturated heterocycles. The quantitative estimate of drug-likeness (QED) is 0.654. The first-order chi connectivity index (χ1) is 8.16. The summed E-state index contributed by atoms with van der Waals surface area (Å²) in [5.41, 5.74) is 0. The van der Waals surface area contributed by atoms with E-state index < -0.39 is 4.92 Å². The Morgan fingerprint density at radius 2 is 2.33 bits per heavy atom. The third kappa shape index (κ3) is 3.66. The number of amides is 1. The maximum absolute atomic E-state index is 11.8. The number of nitrogens with zero attached hydrogens (tertiary/aromatic N) is 1. The molecule has 0 bridgehead atoms. The second kappa shape index (κ2) is 6.67. The molecule has 0 spiro atoms. The van der Waals surface area contributed by atoms with Gasteiger partial charge in [0, 0.05) is 18.7 Å². The van der Waals surface area contributed by atoms with E-state index in [0.717, 1.165) is 37.3 Å². The van der Waals surface area contributed by atoms with Gasteiger partial charge in [-0.05, 0) is 25.5 Å². The van der Waals surface area contributed by atoms with E-state index in [2.05, 4.69) is 10.6 Å². The number of carbonyl (C=O) groups excluding carboxylic acids is 1. The molecule has 1 aromatic rings. The third-order valence-corrected chi connectivity index (χ3v) is 3.66. The van der Waals surface area contributed by atoms with E-state index in [1.807, 2.05) is 0 Å². The van der Waals surface area contributed by atoms with Crippen molar-refractivity contribution in [2.45, 2.75) is 18.9 Å². The Morgan fingerprint density at radius 3 is 2.89 bits per heavy atom. The molecular formula is C10H14ClN3O3S. The van der Waals surface area contributed by atoms with Crippen molar-refractivity contribution in [3.63, 3.8) is 0 Å². The summed E-state index contributed by atoms with van der Waals surface area (Å²) in [6.07, 6.45) is 1.99. The Bertz CT molecular complexity index is 432. The monoisotopic (exact) mass is 291 g/mol. The van der Waals surface area contributed by atoms with Gasteiger partial charge >= 0.3 is 5.00 Å². The predicted molar refractivity (Wildman–Crippen MR) is 71.6 cm³/mol. The van der Waals surface area contributed by atoms with Gasteiger partial charge in [0.05, 0.1) is 9.80 Å². The van der Waals surface area contributed by atoms with E-state index in [9.17, 15) is 14.9 Å². The van der Waals surface area contributed by atoms with Crippen LogP contribution in [0.5, 0.6) is 0 Å². The molecule has 2 N–H and O–H groups in total. The normalized spacial score (nSPS) is 18.8. The van der Waals surface area contributed by atoms with Crippen LogP contribution in [0.15, 0.2) is 12.1 Å². The number of carbonyl (C=O) groups is 1. The Labute approximate surface area is 114 Å². The lowest BCUT2D eigenvalue weighted by Crippen LogP contribution is -2.45. The molecule has 6 nitrogen and oxygen atoms in total. The van der Waals surface area contributed by atoms with Crippen molar-refractivity contribution in [3.8, 4) is 0 Å². The highest BCUT2D eigenvalue weighted by molar-refractivity contribution is 7.17. The summed E-state index contributed by atoms with van der Waals surface area (Å²) in [4.78, 5) is 22.2. The van der Waals surface area contributed by atoms with Gasteiger partial charge in [0.25, 0.3) is 5.91 Å². The number of hydrogen-bond donors (Lipinski definition) is 2. The number of rotatable bonds is 3. The summed E-state index contributed by atoms with van der Waals surface area (Å²) in [7, 11) is 0. The molecule has 0 radical (unpaired) electrons. The molecule has 2 heterocycles. The lowest BCUT2D eigenvalue weighted by atomic mass is 10.1. The van der Waals surface area contributed by atoms with Gasteiger partial charge in [-0.1, -0.05) is 11.3 Å². The van der Waals surface area contributed by atoms with Gasteiger partial charge in [0.15, 0.2) is 0 Å². The number of nitrogens with one attached hydrogen (secondary N) is 2. The minimum absolute atomic E-state index is 0. The first-order valence-electron chi connectivity index (χ1n) is 5.42. The van der Waals surface area contributed by atoms with Crippen LogP contribution in [0.2, 0.25) is 0 Å². The van der Waals surface area contributed by atoms with Crippen molar-refractivity contribution in [2.75, 3.05) is 13.1 Å². The van der Waals surface area contributed by atoms with Crippen molar-refractivity contribution < 1.29 is 9.72 Å². The maximum Gasteiger partial charge on any atom is 0.324 e. The van der Waals surface area contributed by atoms with Crippen LogP contribution in [-0.4, -0.2) is 30.0 Å². The SMILES string of the molecule is Cl.O=C(N[C@@H]1CCCNC1)c1ccc([N+](=O)[O-])s1. The van der Waals surface area contributed by atoms with E-state index in [0.29, 0.717) is 4.88 Å². The summed E-state index contributed by atoms with van der Waals surface area (Å²) >= 11 is 0.906. The molecule has 2 rings (SSSR count). The van der Waals surface area contributed by atoms with Crippen molar-refractivity contribution in [1.82, 2.24) is 10.6 Å². The average Bonchev–Trinajstić information content (AvgIpc) is 2.79. The molecule has 0 saturated carbocycles. The van der Waals surface area contributed by atoms with Gasteiger partial charge in [0.2, 0.25) is 0 Å². The highest BCUT2D eigenvalue weighted by Gasteiger charge is 2.19. The molecule has 1 amide bonds. The number of nitro groups is 1. The van der Waals surface area contributed by atoms with Crippen molar-refractivity contribution in [1.29, 1.82) is 0 Å². The largest absolute Gasteiger partial charge is 0.347 e. The van der Waals surface area contributed by atoms with E-state index >= 15 is 0 Å². The minimum atomic E-state index is -0.483. The summed E-state index contributed by atoms with van der Waals surface area (Å²) in [6, 6.07) is 2.98. The molecule has 18 heavy (non-hydrogen) atoms. The molecule has 100 valence electrons. The van der Waals surface area contributed by atoms with E-state index in [1.54, 1.807) is 0 Å². The van der Waals surface area contributed by atoms with Crippen LogP contribution in [0.4, 0.5) is 5.00 Å². The maximum atomic E-state index is 11.8. The summed E-state index contributed by atoms with van der Waals surface area (Å²) in [5, 5.41) is 16.6. The Balaban J connectivity index is 0.00000162. The molecule has 0 aromatic carbocycles. The molecule has 1 fully saturated rings. The zero-order valence-corrected chi connectivity index (χ0v) is 11.2. The fraction of sp³-hybridized carbons (Fsp3) is 0.500. The van der Waals surface area contributed by atoms with Gasteiger partial charge in [-0.25, -0.2) is 0 Å². The zero-order chi connectivity index (χ0) is 12.3. The molecule has 1 atom stereocenters. The van der Waals surface area contributed by atoms with Crippen molar-refractivity contribution in [3.05, 3.63) is 27.1 Å². The molecule has 1 aliphatic rings. The van der Waals surface area contributed by atoms with Gasteiger partial charge in [-0.15, -0.1) is 12.4 Å². The molecule has 0 aliphatic carbocycles. The lowest BCUT2D eigenvalue weighted by molar-refractivity contribution is -0.380. The molecule has 1 aromatic heterocycles. The highest BCUT2D eigenvalue weighted by atomic mass is 35.5. The fourth-order valence-corrected chi connectivity index (χ4v) is 2.50. The van der Waals surface area contributed by atoms with Crippen LogP contribution in [0.25, 0.3) is 0 Å². The zero-order valence-electron chi connectivity index (χ0n) is 9.55. The van der Waals surface area contributed by atoms with Crippen LogP contribution >= 0.6 is 23.7 Å². The first kappa shape index (κ1) is 14.9. The van der Waals surface area contributed by atoms with Gasteiger partial charge < -0.3 is 10.6 Å². The van der Waals surface area contributed by atoms with E-state index in [-0.39, 0.29) is 29.4 Å². The minimum Gasteiger partial charge on any atom is -0.347 e. The lowest BCUT2D eigenvalue weighted by Gasteiger charge is -2.23. The van der Waals surface area contributed by atoms with Crippen molar-refractivity contribution in [2.24, 2.45) is 0 Å². The second-order valence-electron chi connectivity index (χ2n) is 3.91. The summed E-state index contributed by atoms with van der Waals surface area (Å²) in [5.74, 6) is -0.225. The van der Waals surface area contributed by atoms with Crippen molar-refractivity contribution >= 4 is 34.7 Å². The number of piperidine rings is 1. The molecule has 0 unspecified atom stereocenters. The standard InChI is InChI=1S/C10H13N3O3S.ClH/c14-10(12-7-2-1-5-11-6-7)8-3-4-9(17-8)13(15)16;/h3-4,7,11H,1-2,5-6H2,(H,12,14);1H/t7-;/m1./s1. The third-order valence-electron chi connectivity index (χ3n) is 2.63. The Hall–Kier alpha value is -1.18. The summed E-state index contributed by atoms with van der Waals surface area (Å²) in [6.45, 7) is 1.75. The van der Waals surface area contributed by atoms with E-state index in [1.165, 1.54) is 12.1 Å². The van der Waals surface area contributed by atoms with Gasteiger partial charge in [0.1, 0.15) is 0 Å². The average molecular weight is 292 g/mol.